The van der Waals surface area contributed by atoms with Gasteiger partial charge in [-0.1, -0.05) is 12.2 Å². The van der Waals surface area contributed by atoms with Crippen LogP contribution in [0.4, 0.5) is 0 Å². The minimum atomic E-state index is -0.882. The summed E-state index contributed by atoms with van der Waals surface area (Å²) in [5, 5.41) is 8.89. The monoisotopic (exact) mass is 282 g/mol. The molecule has 0 radical (unpaired) electrons. The molecule has 0 bridgehead atoms. The number of aliphatic carboxylic acids is 1. The first-order chi connectivity index (χ1) is 9.58. The Morgan fingerprint density at radius 3 is 2.55 bits per heavy atom. The van der Waals surface area contributed by atoms with Crippen molar-refractivity contribution in [2.24, 2.45) is 0 Å². The lowest BCUT2D eigenvalue weighted by molar-refractivity contribution is -0.142. The summed E-state index contributed by atoms with van der Waals surface area (Å²) < 4.78 is 5.29. The van der Waals surface area contributed by atoms with E-state index in [0.717, 1.165) is 0 Å². The zero-order chi connectivity index (χ0) is 15.0. The molecule has 20 heavy (non-hydrogen) atoms. The van der Waals surface area contributed by atoms with Crippen molar-refractivity contribution in [3.05, 3.63) is 25.3 Å². The molecule has 6 heteroatoms. The molecule has 1 amide bonds. The summed E-state index contributed by atoms with van der Waals surface area (Å²) in [6.45, 7) is 9.80. The Bertz CT molecular complexity index is 360. The molecule has 1 N–H and O–H groups in total. The van der Waals surface area contributed by atoms with Gasteiger partial charge in [0.25, 0.3) is 0 Å². The lowest BCUT2D eigenvalue weighted by Gasteiger charge is -2.35. The van der Waals surface area contributed by atoms with Crippen LogP contribution in [0.2, 0.25) is 0 Å². The van der Waals surface area contributed by atoms with Crippen LogP contribution in [0.3, 0.4) is 0 Å². The summed E-state index contributed by atoms with van der Waals surface area (Å²) in [6, 6.07) is -0.250. The third-order valence-corrected chi connectivity index (χ3v) is 3.15. The van der Waals surface area contributed by atoms with Crippen LogP contribution in [-0.4, -0.2) is 72.2 Å². The molecule has 1 aliphatic heterocycles. The Hall–Kier alpha value is -1.66. The van der Waals surface area contributed by atoms with Gasteiger partial charge in [-0.3, -0.25) is 14.5 Å². The van der Waals surface area contributed by atoms with Gasteiger partial charge in [-0.15, -0.1) is 13.2 Å². The zero-order valence-corrected chi connectivity index (χ0v) is 11.7. The van der Waals surface area contributed by atoms with Crippen LogP contribution in [0.1, 0.15) is 6.42 Å². The molecule has 0 saturated carbocycles. The van der Waals surface area contributed by atoms with Crippen LogP contribution in [0.25, 0.3) is 0 Å². The van der Waals surface area contributed by atoms with E-state index in [9.17, 15) is 9.59 Å². The molecule has 0 aliphatic carbocycles. The number of ether oxygens (including phenoxy) is 1. The van der Waals surface area contributed by atoms with Gasteiger partial charge in [0, 0.05) is 25.7 Å². The van der Waals surface area contributed by atoms with Crippen molar-refractivity contribution in [2.75, 3.05) is 39.4 Å². The first kappa shape index (κ1) is 16.4. The molecule has 6 nitrogen and oxygen atoms in total. The van der Waals surface area contributed by atoms with E-state index in [2.05, 4.69) is 13.2 Å². The van der Waals surface area contributed by atoms with E-state index in [4.69, 9.17) is 9.84 Å². The maximum atomic E-state index is 12.2. The van der Waals surface area contributed by atoms with Crippen LogP contribution in [0.5, 0.6) is 0 Å². The summed E-state index contributed by atoms with van der Waals surface area (Å²) in [7, 11) is 0. The van der Waals surface area contributed by atoms with Gasteiger partial charge in [0.1, 0.15) is 0 Å². The van der Waals surface area contributed by atoms with Crippen molar-refractivity contribution >= 4 is 11.9 Å². The molecule has 112 valence electrons. The molecular weight excluding hydrogens is 260 g/mol. The number of amides is 1. The molecule has 0 aromatic rings. The molecular formula is C14H22N2O4. The summed E-state index contributed by atoms with van der Waals surface area (Å²) >= 11 is 0. The number of hydrogen-bond donors (Lipinski definition) is 1. The van der Waals surface area contributed by atoms with Crippen molar-refractivity contribution < 1.29 is 19.4 Å². The number of carboxylic acids is 1. The second-order valence-electron chi connectivity index (χ2n) is 4.67. The van der Waals surface area contributed by atoms with Crippen molar-refractivity contribution in [3.8, 4) is 0 Å². The van der Waals surface area contributed by atoms with Crippen LogP contribution in [0.15, 0.2) is 25.3 Å². The van der Waals surface area contributed by atoms with E-state index in [1.54, 1.807) is 17.1 Å². The van der Waals surface area contributed by atoms with Gasteiger partial charge >= 0.3 is 5.97 Å². The minimum Gasteiger partial charge on any atom is -0.481 e. The van der Waals surface area contributed by atoms with Gasteiger partial charge in [-0.25, -0.2) is 0 Å². The van der Waals surface area contributed by atoms with Crippen molar-refractivity contribution in [1.82, 2.24) is 9.80 Å². The van der Waals surface area contributed by atoms with E-state index >= 15 is 0 Å². The Balaban J connectivity index is 2.61. The number of carbonyl (C=O) groups is 2. The molecule has 1 rings (SSSR count). The van der Waals surface area contributed by atoms with Gasteiger partial charge < -0.3 is 14.7 Å². The number of hydrogen-bond acceptors (Lipinski definition) is 4. The van der Waals surface area contributed by atoms with Crippen LogP contribution in [-0.2, 0) is 14.3 Å². The van der Waals surface area contributed by atoms with Gasteiger partial charge in [0.15, 0.2) is 0 Å². The van der Waals surface area contributed by atoms with Gasteiger partial charge in [-0.05, 0) is 0 Å². The number of carbonyl (C=O) groups excluding carboxylic acids is 1. The highest BCUT2D eigenvalue weighted by molar-refractivity contribution is 5.78. The number of carboxylic acid groups (broad SMARTS) is 1. The van der Waals surface area contributed by atoms with Crippen molar-refractivity contribution in [1.29, 1.82) is 0 Å². The quantitative estimate of drug-likeness (QED) is 0.651. The van der Waals surface area contributed by atoms with Gasteiger partial charge in [0.2, 0.25) is 5.91 Å². The fourth-order valence-corrected chi connectivity index (χ4v) is 2.15. The van der Waals surface area contributed by atoms with Gasteiger partial charge in [0.05, 0.1) is 26.2 Å². The molecule has 1 saturated heterocycles. The minimum absolute atomic E-state index is 0.0177. The van der Waals surface area contributed by atoms with Crippen LogP contribution in [0, 0.1) is 0 Å². The Morgan fingerprint density at radius 1 is 1.35 bits per heavy atom. The Morgan fingerprint density at radius 2 is 2.00 bits per heavy atom. The summed E-state index contributed by atoms with van der Waals surface area (Å²) in [5.74, 6) is -0.936. The topological polar surface area (TPSA) is 70.1 Å². The summed E-state index contributed by atoms with van der Waals surface area (Å²) in [4.78, 5) is 26.6. The molecule has 1 fully saturated rings. The molecule has 1 heterocycles. The average molecular weight is 282 g/mol. The highest BCUT2D eigenvalue weighted by Crippen LogP contribution is 2.11. The molecule has 1 aliphatic rings. The Kier molecular flexibility index (Phi) is 6.97. The van der Waals surface area contributed by atoms with E-state index < -0.39 is 5.97 Å². The smallest absolute Gasteiger partial charge is 0.305 e. The Labute approximate surface area is 119 Å². The van der Waals surface area contributed by atoms with Crippen LogP contribution >= 0.6 is 0 Å². The van der Waals surface area contributed by atoms with E-state index in [1.807, 2.05) is 4.90 Å². The van der Waals surface area contributed by atoms with Crippen molar-refractivity contribution in [3.63, 3.8) is 0 Å². The first-order valence-electron chi connectivity index (χ1n) is 6.61. The largest absolute Gasteiger partial charge is 0.481 e. The molecule has 0 aromatic carbocycles. The molecule has 0 aromatic heterocycles. The third kappa shape index (κ3) is 5.14. The lowest BCUT2D eigenvalue weighted by atomic mass is 10.1. The predicted molar refractivity (Wildman–Crippen MR) is 75.4 cm³/mol. The molecule has 1 atom stereocenters. The second-order valence-corrected chi connectivity index (χ2v) is 4.67. The summed E-state index contributed by atoms with van der Waals surface area (Å²) in [6.07, 6.45) is 3.31. The molecule has 1 unspecified atom stereocenters. The normalized spacial score (nSPS) is 19.3. The van der Waals surface area contributed by atoms with Crippen molar-refractivity contribution in [2.45, 2.75) is 12.5 Å². The predicted octanol–water partition coefficient (Wildman–Crippen LogP) is 0.363. The highest BCUT2D eigenvalue weighted by atomic mass is 16.5. The maximum absolute atomic E-state index is 12.2. The van der Waals surface area contributed by atoms with Crippen LogP contribution < -0.4 is 0 Å². The fourth-order valence-electron chi connectivity index (χ4n) is 2.15. The van der Waals surface area contributed by atoms with E-state index in [-0.39, 0.29) is 24.9 Å². The summed E-state index contributed by atoms with van der Waals surface area (Å²) in [5.41, 5.74) is 0. The number of morpholine rings is 1. The standard InChI is InChI=1S/C14H22N2O4/c1-3-5-15(6-4-2)13(17)10-16-7-8-20-11-12(16)9-14(18)19/h3-4,12H,1-2,5-11H2,(H,18,19). The molecule has 0 spiro atoms. The van der Waals surface area contributed by atoms with Gasteiger partial charge in [-0.2, -0.15) is 0 Å². The third-order valence-electron chi connectivity index (χ3n) is 3.15. The number of rotatable bonds is 8. The fraction of sp³-hybridized carbons (Fsp3) is 0.571. The maximum Gasteiger partial charge on any atom is 0.305 e. The average Bonchev–Trinajstić information content (AvgIpc) is 2.40. The zero-order valence-electron chi connectivity index (χ0n) is 11.7. The number of nitrogens with zero attached hydrogens (tertiary/aromatic N) is 2. The lowest BCUT2D eigenvalue weighted by Crippen LogP contribution is -2.51. The highest BCUT2D eigenvalue weighted by Gasteiger charge is 2.27. The first-order valence-corrected chi connectivity index (χ1v) is 6.61. The SMILES string of the molecule is C=CCN(CC=C)C(=O)CN1CCOCC1CC(=O)O. The second kappa shape index (κ2) is 8.50. The van der Waals surface area contributed by atoms with E-state index in [0.29, 0.717) is 32.8 Å². The van der Waals surface area contributed by atoms with E-state index in [1.165, 1.54) is 0 Å².